The van der Waals surface area contributed by atoms with E-state index in [4.69, 9.17) is 27.6 Å². The summed E-state index contributed by atoms with van der Waals surface area (Å²) in [6.07, 6.45) is 0. The maximum absolute atomic E-state index is 11.9. The quantitative estimate of drug-likeness (QED) is 0.111. The first kappa shape index (κ1) is 19.1. The Morgan fingerprint density at radius 3 is 2.67 bits per heavy atom. The number of hydrogen-bond acceptors (Lipinski definition) is 8. The standard InChI is InChI=1S/C15H19N9OS2/c1-24-9-4-2-3-8(12(9)21-15(24)17)7-5-6-10(27(20)25)13(26-19)11(7)14(16)22-23-18/h2-6,23H,18-20H2,1H3,(H2,16,22)(H2,17,21). The molecule has 0 amide bonds. The Morgan fingerprint density at radius 2 is 2.04 bits per heavy atom. The number of imidazole rings is 1. The number of amidine groups is 1. The van der Waals surface area contributed by atoms with E-state index in [0.717, 1.165) is 23.0 Å². The Morgan fingerprint density at radius 1 is 1.30 bits per heavy atom. The highest BCUT2D eigenvalue weighted by Gasteiger charge is 2.22. The number of rotatable bonds is 5. The molecular formula is C15H19N9OS2. The number of anilines is 1. The Hall–Kier alpha value is -2.64. The molecule has 1 atom stereocenters. The minimum atomic E-state index is -1.77. The topological polar surface area (TPSA) is 189 Å². The number of benzene rings is 2. The van der Waals surface area contributed by atoms with Crippen molar-refractivity contribution in [3.05, 3.63) is 35.9 Å². The third-order valence-corrected chi connectivity index (χ3v) is 5.70. The fourth-order valence-corrected chi connectivity index (χ4v) is 4.29. The monoisotopic (exact) mass is 405 g/mol. The van der Waals surface area contributed by atoms with Crippen molar-refractivity contribution in [1.82, 2.24) is 15.1 Å². The zero-order valence-corrected chi connectivity index (χ0v) is 16.0. The number of hydrazine groups is 1. The fraction of sp³-hybridized carbons (Fsp3) is 0.0667. The van der Waals surface area contributed by atoms with Crippen LogP contribution >= 0.6 is 11.9 Å². The molecule has 2 aromatic carbocycles. The summed E-state index contributed by atoms with van der Waals surface area (Å²) in [5.41, 5.74) is 17.7. The maximum atomic E-state index is 11.9. The Balaban J connectivity index is 2.42. The van der Waals surface area contributed by atoms with E-state index < -0.39 is 11.0 Å². The molecular weight excluding hydrogens is 386 g/mol. The predicted octanol–water partition coefficient (Wildman–Crippen LogP) is -0.147. The molecule has 0 aliphatic heterocycles. The second kappa shape index (κ2) is 7.54. The van der Waals surface area contributed by atoms with Crippen LogP contribution in [-0.4, -0.2) is 19.6 Å². The highest BCUT2D eigenvalue weighted by molar-refractivity contribution is 7.97. The van der Waals surface area contributed by atoms with Gasteiger partial charge in [0.15, 0.2) is 5.84 Å². The van der Waals surface area contributed by atoms with Crippen molar-refractivity contribution in [3.63, 3.8) is 0 Å². The summed E-state index contributed by atoms with van der Waals surface area (Å²) in [6.45, 7) is 0. The summed E-state index contributed by atoms with van der Waals surface area (Å²) < 4.78 is 13.7. The second-order valence-electron chi connectivity index (χ2n) is 5.56. The number of aryl methyl sites for hydroxylation is 1. The summed E-state index contributed by atoms with van der Waals surface area (Å²) in [7, 11) is 0.0595. The molecule has 0 aliphatic carbocycles. The van der Waals surface area contributed by atoms with Gasteiger partial charge in [0, 0.05) is 18.2 Å². The van der Waals surface area contributed by atoms with Crippen molar-refractivity contribution < 1.29 is 4.21 Å². The van der Waals surface area contributed by atoms with Gasteiger partial charge < -0.3 is 16.0 Å². The molecule has 12 heteroatoms. The van der Waals surface area contributed by atoms with E-state index in [2.05, 4.69) is 15.6 Å². The number of para-hydroxylation sites is 1. The molecule has 1 unspecified atom stereocenters. The van der Waals surface area contributed by atoms with Gasteiger partial charge in [-0.25, -0.2) is 25.7 Å². The summed E-state index contributed by atoms with van der Waals surface area (Å²) in [5, 5.41) is 15.3. The van der Waals surface area contributed by atoms with Crippen LogP contribution in [0.25, 0.3) is 22.2 Å². The van der Waals surface area contributed by atoms with Crippen LogP contribution in [-0.2, 0) is 18.0 Å². The average molecular weight is 406 g/mol. The van der Waals surface area contributed by atoms with E-state index in [9.17, 15) is 4.21 Å². The second-order valence-corrected chi connectivity index (χ2v) is 7.24. The van der Waals surface area contributed by atoms with E-state index in [-0.39, 0.29) is 5.84 Å². The van der Waals surface area contributed by atoms with Crippen LogP contribution in [0.1, 0.15) is 5.56 Å². The molecule has 0 fully saturated rings. The molecule has 1 aromatic heterocycles. The number of aromatic nitrogens is 2. The molecule has 0 radical (unpaired) electrons. The first-order valence-corrected chi connectivity index (χ1v) is 9.70. The minimum absolute atomic E-state index is 0.0636. The lowest BCUT2D eigenvalue weighted by Gasteiger charge is -2.16. The average Bonchev–Trinajstić information content (AvgIpc) is 2.94. The molecule has 3 rings (SSSR count). The van der Waals surface area contributed by atoms with Crippen LogP contribution in [0.3, 0.4) is 0 Å². The molecule has 11 N–H and O–H groups in total. The molecule has 0 saturated heterocycles. The zero-order chi connectivity index (χ0) is 19.7. The largest absolute Gasteiger partial charge is 0.382 e. The van der Waals surface area contributed by atoms with Gasteiger partial charge in [0.25, 0.3) is 0 Å². The van der Waals surface area contributed by atoms with E-state index in [1.54, 1.807) is 16.7 Å². The maximum Gasteiger partial charge on any atom is 0.200 e. The van der Waals surface area contributed by atoms with Crippen LogP contribution in [0, 0.1) is 0 Å². The summed E-state index contributed by atoms with van der Waals surface area (Å²) in [5.74, 6) is 5.72. The van der Waals surface area contributed by atoms with Crippen molar-refractivity contribution in [2.75, 3.05) is 5.73 Å². The van der Waals surface area contributed by atoms with Crippen LogP contribution in [0.15, 0.2) is 45.2 Å². The lowest BCUT2D eigenvalue weighted by molar-refractivity contribution is 0.683. The first-order valence-electron chi connectivity index (χ1n) is 7.61. The number of fused-ring (bicyclic) bond motifs is 1. The molecule has 0 aliphatic rings. The molecule has 1 heterocycles. The van der Waals surface area contributed by atoms with E-state index in [0.29, 0.717) is 32.4 Å². The molecule has 0 spiro atoms. The van der Waals surface area contributed by atoms with E-state index >= 15 is 0 Å². The third-order valence-electron chi connectivity index (χ3n) is 4.13. The smallest absolute Gasteiger partial charge is 0.200 e. The van der Waals surface area contributed by atoms with Crippen LogP contribution < -0.4 is 33.1 Å². The number of hydrazone groups is 1. The summed E-state index contributed by atoms with van der Waals surface area (Å²) in [6, 6.07) is 9.04. The molecule has 27 heavy (non-hydrogen) atoms. The number of nitrogens with one attached hydrogen (secondary N) is 1. The van der Waals surface area contributed by atoms with E-state index in [1.165, 1.54) is 0 Å². The van der Waals surface area contributed by atoms with Crippen LogP contribution in [0.5, 0.6) is 0 Å². The van der Waals surface area contributed by atoms with Crippen molar-refractivity contribution in [1.29, 1.82) is 0 Å². The van der Waals surface area contributed by atoms with Gasteiger partial charge in [0.2, 0.25) is 5.95 Å². The van der Waals surface area contributed by atoms with Crippen LogP contribution in [0.4, 0.5) is 5.95 Å². The number of nitrogens with zero attached hydrogens (tertiary/aromatic N) is 3. The van der Waals surface area contributed by atoms with Gasteiger partial charge in [-0.05, 0) is 29.6 Å². The number of hydrogen-bond donors (Lipinski definition) is 6. The van der Waals surface area contributed by atoms with Crippen molar-refractivity contribution in [2.45, 2.75) is 9.79 Å². The summed E-state index contributed by atoms with van der Waals surface area (Å²) >= 11 is 0.874. The molecule has 0 bridgehead atoms. The third kappa shape index (κ3) is 3.24. The lowest BCUT2D eigenvalue weighted by Crippen LogP contribution is -2.25. The number of nitrogen functional groups attached to an aromatic ring is 1. The zero-order valence-electron chi connectivity index (χ0n) is 14.3. The normalized spacial score (nSPS) is 13.1. The van der Waals surface area contributed by atoms with Gasteiger partial charge in [0.05, 0.1) is 20.8 Å². The molecule has 0 saturated carbocycles. The van der Waals surface area contributed by atoms with Crippen molar-refractivity contribution >= 4 is 45.8 Å². The predicted molar refractivity (Wildman–Crippen MR) is 109 cm³/mol. The van der Waals surface area contributed by atoms with Gasteiger partial charge in [-0.1, -0.05) is 18.2 Å². The Bertz CT molecular complexity index is 1080. The number of nitrogens with two attached hydrogens (primary N) is 5. The first-order chi connectivity index (χ1) is 12.9. The molecule has 142 valence electrons. The van der Waals surface area contributed by atoms with Gasteiger partial charge in [-0.2, -0.15) is 0 Å². The van der Waals surface area contributed by atoms with Gasteiger partial charge in [0.1, 0.15) is 11.0 Å². The summed E-state index contributed by atoms with van der Waals surface area (Å²) in [4.78, 5) is 5.22. The highest BCUT2D eigenvalue weighted by atomic mass is 32.2. The SMILES string of the molecule is Cn1c(N)nc2c(-c3ccc(S(N)=O)c(SN)c3/C(N)=N/NN)cccc21. The van der Waals surface area contributed by atoms with E-state index in [1.807, 2.05) is 25.2 Å². The Labute approximate surface area is 161 Å². The Kier molecular flexibility index (Phi) is 5.34. The van der Waals surface area contributed by atoms with Crippen molar-refractivity contribution in [2.24, 2.45) is 34.0 Å². The van der Waals surface area contributed by atoms with Gasteiger partial charge in [-0.3, -0.25) is 5.14 Å². The minimum Gasteiger partial charge on any atom is -0.382 e. The fourth-order valence-electron chi connectivity index (χ4n) is 2.89. The van der Waals surface area contributed by atoms with Crippen LogP contribution in [0.2, 0.25) is 0 Å². The molecule has 10 nitrogen and oxygen atoms in total. The van der Waals surface area contributed by atoms with Gasteiger partial charge >= 0.3 is 0 Å². The highest BCUT2D eigenvalue weighted by Crippen LogP contribution is 2.37. The van der Waals surface area contributed by atoms with Gasteiger partial charge in [-0.15, -0.1) is 5.10 Å². The lowest BCUT2D eigenvalue weighted by atomic mass is 9.97. The van der Waals surface area contributed by atoms with Crippen molar-refractivity contribution in [3.8, 4) is 11.1 Å². The molecule has 3 aromatic rings.